The fraction of sp³-hybridized carbons (Fsp3) is 0.111. The molecule has 6 nitrogen and oxygen atoms in total. The minimum atomic E-state index is -0.401. The number of rotatable bonds is 4. The highest BCUT2D eigenvalue weighted by atomic mass is 35.5. The third-order valence-electron chi connectivity index (χ3n) is 3.82. The standard InChI is InChI=1S/C18H12ClN3O3S/c1-10-20-16-17(26-10)15(14-3-2-8-25-14)21-22(18(16)24)9-13(23)11-4-6-12(19)7-5-11/h2-8H,9H2,1H3. The molecular formula is C18H12ClN3O3S. The van der Waals surface area contributed by atoms with Crippen molar-refractivity contribution in [3.05, 3.63) is 68.6 Å². The van der Waals surface area contributed by atoms with Gasteiger partial charge in [-0.05, 0) is 43.3 Å². The Labute approximate surface area is 156 Å². The number of Topliss-reactive ketones (excluding diaryl/α,β-unsaturated/α-hetero) is 1. The SMILES string of the molecule is Cc1nc2c(=O)n(CC(=O)c3ccc(Cl)cc3)nc(-c3ccco3)c2s1. The number of hydrogen-bond acceptors (Lipinski definition) is 6. The molecule has 8 heteroatoms. The molecule has 0 fully saturated rings. The normalized spacial score (nSPS) is 11.2. The number of fused-ring (bicyclic) bond motifs is 1. The number of halogens is 1. The van der Waals surface area contributed by atoms with Crippen LogP contribution in [-0.4, -0.2) is 20.5 Å². The Bertz CT molecular complexity index is 1160. The zero-order valence-electron chi connectivity index (χ0n) is 13.6. The van der Waals surface area contributed by atoms with Crippen LogP contribution >= 0.6 is 22.9 Å². The first-order chi connectivity index (χ1) is 12.5. The average molecular weight is 386 g/mol. The summed E-state index contributed by atoms with van der Waals surface area (Å²) in [4.78, 5) is 29.6. The molecule has 0 radical (unpaired) electrons. The predicted octanol–water partition coefficient (Wildman–Crippen LogP) is 3.96. The topological polar surface area (TPSA) is 78.0 Å². The number of furan rings is 1. The summed E-state index contributed by atoms with van der Waals surface area (Å²) in [5, 5.41) is 5.66. The van der Waals surface area contributed by atoms with E-state index in [1.54, 1.807) is 36.4 Å². The first-order valence-corrected chi connectivity index (χ1v) is 8.93. The van der Waals surface area contributed by atoms with Crippen LogP contribution in [0, 0.1) is 6.92 Å². The maximum absolute atomic E-state index is 12.7. The highest BCUT2D eigenvalue weighted by Crippen LogP contribution is 2.29. The van der Waals surface area contributed by atoms with Crippen molar-refractivity contribution < 1.29 is 9.21 Å². The molecule has 4 aromatic rings. The molecule has 0 amide bonds. The van der Waals surface area contributed by atoms with E-state index >= 15 is 0 Å². The summed E-state index contributed by atoms with van der Waals surface area (Å²) in [6.07, 6.45) is 1.53. The first kappa shape index (κ1) is 16.7. The lowest BCUT2D eigenvalue weighted by Crippen LogP contribution is -2.27. The molecule has 0 unspecified atom stereocenters. The number of carbonyl (C=O) groups is 1. The highest BCUT2D eigenvalue weighted by molar-refractivity contribution is 7.19. The van der Waals surface area contributed by atoms with Gasteiger partial charge in [0.15, 0.2) is 17.1 Å². The van der Waals surface area contributed by atoms with Gasteiger partial charge in [-0.3, -0.25) is 9.59 Å². The molecule has 0 saturated heterocycles. The highest BCUT2D eigenvalue weighted by Gasteiger charge is 2.19. The Morgan fingerprint density at radius 2 is 2.04 bits per heavy atom. The fourth-order valence-corrected chi connectivity index (χ4v) is 3.64. The molecule has 0 bridgehead atoms. The zero-order chi connectivity index (χ0) is 18.3. The van der Waals surface area contributed by atoms with E-state index in [1.165, 1.54) is 17.6 Å². The van der Waals surface area contributed by atoms with E-state index in [0.29, 0.717) is 26.7 Å². The summed E-state index contributed by atoms with van der Waals surface area (Å²) < 4.78 is 7.22. The second-order valence-corrected chi connectivity index (χ2v) is 7.27. The molecule has 0 aliphatic rings. The summed E-state index contributed by atoms with van der Waals surface area (Å²) in [5.41, 5.74) is 0.844. The minimum absolute atomic E-state index is 0.194. The van der Waals surface area contributed by atoms with Gasteiger partial charge in [0.1, 0.15) is 12.2 Å². The maximum Gasteiger partial charge on any atom is 0.294 e. The van der Waals surface area contributed by atoms with Crippen molar-refractivity contribution in [1.82, 2.24) is 14.8 Å². The number of hydrogen-bond donors (Lipinski definition) is 0. The van der Waals surface area contributed by atoms with Crippen LogP contribution in [0.3, 0.4) is 0 Å². The van der Waals surface area contributed by atoms with Crippen LogP contribution in [0.1, 0.15) is 15.4 Å². The number of aromatic nitrogens is 3. The lowest BCUT2D eigenvalue weighted by molar-refractivity contribution is 0.0966. The van der Waals surface area contributed by atoms with E-state index in [-0.39, 0.29) is 17.8 Å². The van der Waals surface area contributed by atoms with Gasteiger partial charge in [0.25, 0.3) is 5.56 Å². The molecule has 0 spiro atoms. The second-order valence-electron chi connectivity index (χ2n) is 5.63. The van der Waals surface area contributed by atoms with Gasteiger partial charge in [0.05, 0.1) is 16.0 Å². The average Bonchev–Trinajstić information content (AvgIpc) is 3.27. The van der Waals surface area contributed by atoms with Gasteiger partial charge < -0.3 is 4.42 Å². The second kappa shape index (κ2) is 6.51. The van der Waals surface area contributed by atoms with Crippen LogP contribution in [0.25, 0.3) is 21.7 Å². The quantitative estimate of drug-likeness (QED) is 0.497. The van der Waals surface area contributed by atoms with Gasteiger partial charge >= 0.3 is 0 Å². The van der Waals surface area contributed by atoms with E-state index in [9.17, 15) is 9.59 Å². The van der Waals surface area contributed by atoms with Crippen molar-refractivity contribution in [2.45, 2.75) is 13.5 Å². The number of benzene rings is 1. The minimum Gasteiger partial charge on any atom is -0.463 e. The summed E-state index contributed by atoms with van der Waals surface area (Å²) in [7, 11) is 0. The molecule has 130 valence electrons. The zero-order valence-corrected chi connectivity index (χ0v) is 15.2. The van der Waals surface area contributed by atoms with Gasteiger partial charge in [-0.15, -0.1) is 11.3 Å². The molecule has 0 atom stereocenters. The molecule has 0 aliphatic heterocycles. The number of aryl methyl sites for hydroxylation is 1. The van der Waals surface area contributed by atoms with Gasteiger partial charge in [0, 0.05) is 10.6 Å². The number of thiazole rings is 1. The van der Waals surface area contributed by atoms with Crippen LogP contribution in [0.5, 0.6) is 0 Å². The van der Waals surface area contributed by atoms with E-state index in [1.807, 2.05) is 6.92 Å². The van der Waals surface area contributed by atoms with Crippen LogP contribution in [0.4, 0.5) is 0 Å². The van der Waals surface area contributed by atoms with Crippen LogP contribution < -0.4 is 5.56 Å². The third-order valence-corrected chi connectivity index (χ3v) is 5.05. The fourth-order valence-electron chi connectivity index (χ4n) is 2.61. The molecule has 1 aromatic carbocycles. The number of carbonyl (C=O) groups excluding carboxylic acids is 1. The smallest absolute Gasteiger partial charge is 0.294 e. The van der Waals surface area contributed by atoms with Crippen molar-refractivity contribution in [2.75, 3.05) is 0 Å². The Hall–Kier alpha value is -2.77. The molecular weight excluding hydrogens is 374 g/mol. The molecule has 0 saturated carbocycles. The monoisotopic (exact) mass is 385 g/mol. The molecule has 3 heterocycles. The summed E-state index contributed by atoms with van der Waals surface area (Å²) in [5.74, 6) is 0.277. The van der Waals surface area contributed by atoms with E-state index in [4.69, 9.17) is 16.0 Å². The van der Waals surface area contributed by atoms with Crippen molar-refractivity contribution in [1.29, 1.82) is 0 Å². The van der Waals surface area contributed by atoms with Crippen LogP contribution in [-0.2, 0) is 6.54 Å². The van der Waals surface area contributed by atoms with E-state index in [2.05, 4.69) is 10.1 Å². The number of ketones is 1. The van der Waals surface area contributed by atoms with Crippen molar-refractivity contribution in [3.8, 4) is 11.5 Å². The summed E-state index contributed by atoms with van der Waals surface area (Å²) >= 11 is 7.22. The maximum atomic E-state index is 12.7. The van der Waals surface area contributed by atoms with E-state index < -0.39 is 5.56 Å². The molecule has 0 N–H and O–H groups in total. The van der Waals surface area contributed by atoms with Gasteiger partial charge in [-0.25, -0.2) is 9.67 Å². The molecule has 3 aromatic heterocycles. The van der Waals surface area contributed by atoms with Crippen LogP contribution in [0.15, 0.2) is 51.9 Å². The Balaban J connectivity index is 1.82. The molecule has 0 aliphatic carbocycles. The lowest BCUT2D eigenvalue weighted by Gasteiger charge is -2.07. The Kier molecular flexibility index (Phi) is 4.18. The Morgan fingerprint density at radius 1 is 1.27 bits per heavy atom. The number of nitrogens with zero attached hydrogens (tertiary/aromatic N) is 3. The van der Waals surface area contributed by atoms with Crippen molar-refractivity contribution >= 4 is 38.9 Å². The summed E-state index contributed by atoms with van der Waals surface area (Å²) in [6, 6.07) is 10.00. The van der Waals surface area contributed by atoms with Gasteiger partial charge in [0.2, 0.25) is 0 Å². The van der Waals surface area contributed by atoms with Crippen molar-refractivity contribution in [3.63, 3.8) is 0 Å². The Morgan fingerprint density at radius 3 is 2.73 bits per heavy atom. The largest absolute Gasteiger partial charge is 0.463 e. The predicted molar refractivity (Wildman–Crippen MR) is 99.9 cm³/mol. The van der Waals surface area contributed by atoms with E-state index in [0.717, 1.165) is 9.69 Å². The van der Waals surface area contributed by atoms with Gasteiger partial charge in [-0.2, -0.15) is 5.10 Å². The van der Waals surface area contributed by atoms with Gasteiger partial charge in [-0.1, -0.05) is 11.6 Å². The van der Waals surface area contributed by atoms with Crippen LogP contribution in [0.2, 0.25) is 5.02 Å². The third kappa shape index (κ3) is 2.95. The first-order valence-electron chi connectivity index (χ1n) is 7.74. The van der Waals surface area contributed by atoms with Crippen molar-refractivity contribution in [2.24, 2.45) is 0 Å². The summed E-state index contributed by atoms with van der Waals surface area (Å²) in [6.45, 7) is 1.62. The lowest BCUT2D eigenvalue weighted by atomic mass is 10.1. The molecule has 26 heavy (non-hydrogen) atoms. The molecule has 4 rings (SSSR count).